The van der Waals surface area contributed by atoms with Crippen molar-refractivity contribution in [3.8, 4) is 5.69 Å². The second kappa shape index (κ2) is 8.48. The average Bonchev–Trinajstić information content (AvgIpc) is 3.63. The van der Waals surface area contributed by atoms with Crippen molar-refractivity contribution in [2.45, 2.75) is 63.7 Å². The average molecular weight is 471 g/mol. The highest BCUT2D eigenvalue weighted by Crippen LogP contribution is 2.38. The van der Waals surface area contributed by atoms with Crippen LogP contribution in [0.1, 0.15) is 55.3 Å². The zero-order valence-electron chi connectivity index (χ0n) is 19.9. The molecule has 4 aromatic rings. The van der Waals surface area contributed by atoms with Crippen molar-refractivity contribution in [1.29, 1.82) is 0 Å². The van der Waals surface area contributed by atoms with Crippen LogP contribution in [-0.2, 0) is 17.9 Å². The maximum Gasteiger partial charge on any atom is 0.274 e. The van der Waals surface area contributed by atoms with Gasteiger partial charge in [-0.2, -0.15) is 0 Å². The Hall–Kier alpha value is -3.74. The first-order valence-corrected chi connectivity index (χ1v) is 12.5. The number of nitrogens with one attached hydrogen (secondary N) is 1. The number of hydrogen-bond acceptors (Lipinski definition) is 3. The Morgan fingerprint density at radius 1 is 1.06 bits per heavy atom. The SMILES string of the molecule is C[C@]1(C(=O)NC2CCCCC2)Cn2c(c(-n3cccc3)c3ccccc32)C(=O)N1Cc1ccco1. The molecule has 180 valence electrons. The first kappa shape index (κ1) is 21.8. The van der Waals surface area contributed by atoms with Crippen molar-refractivity contribution >= 4 is 22.7 Å². The highest BCUT2D eigenvalue weighted by Gasteiger charge is 2.49. The van der Waals surface area contributed by atoms with E-state index in [4.69, 9.17) is 4.42 Å². The number of benzene rings is 1. The maximum atomic E-state index is 14.3. The van der Waals surface area contributed by atoms with E-state index in [1.807, 2.05) is 77.0 Å². The van der Waals surface area contributed by atoms with E-state index in [0.717, 1.165) is 42.3 Å². The number of rotatable bonds is 5. The van der Waals surface area contributed by atoms with Crippen LogP contribution in [0.25, 0.3) is 16.6 Å². The standard InChI is InChI=1S/C28H30N4O3/c1-28(27(34)29-20-10-3-2-4-11-20)19-31-23-14-6-5-13-22(23)24(30-15-7-8-16-30)25(31)26(33)32(28)18-21-12-9-17-35-21/h5-9,12-17,20H,2-4,10-11,18-19H2,1H3,(H,29,34)/t28-/m1/s1. The molecule has 1 fully saturated rings. The fourth-order valence-electron chi connectivity index (χ4n) is 5.74. The van der Waals surface area contributed by atoms with Gasteiger partial charge in [0.15, 0.2) is 0 Å². The molecule has 2 amide bonds. The van der Waals surface area contributed by atoms with Gasteiger partial charge in [-0.05, 0) is 50.1 Å². The molecular formula is C28H30N4O3. The topological polar surface area (TPSA) is 72.4 Å². The lowest BCUT2D eigenvalue weighted by molar-refractivity contribution is -0.134. The van der Waals surface area contributed by atoms with E-state index < -0.39 is 5.54 Å². The Bertz CT molecular complexity index is 1360. The highest BCUT2D eigenvalue weighted by atomic mass is 16.3. The summed E-state index contributed by atoms with van der Waals surface area (Å²) in [4.78, 5) is 29.9. The lowest BCUT2D eigenvalue weighted by Gasteiger charge is -2.44. The number of hydrogen-bond donors (Lipinski definition) is 1. The lowest BCUT2D eigenvalue weighted by Crippen LogP contribution is -2.64. The van der Waals surface area contributed by atoms with Gasteiger partial charge in [-0.15, -0.1) is 0 Å². The summed E-state index contributed by atoms with van der Waals surface area (Å²) < 4.78 is 9.64. The molecule has 3 aromatic heterocycles. The monoisotopic (exact) mass is 470 g/mol. The van der Waals surface area contributed by atoms with Crippen LogP contribution in [0.15, 0.2) is 71.6 Å². The molecule has 1 aliphatic carbocycles. The van der Waals surface area contributed by atoms with E-state index in [2.05, 4.69) is 5.32 Å². The predicted octanol–water partition coefficient (Wildman–Crippen LogP) is 4.89. The molecule has 35 heavy (non-hydrogen) atoms. The van der Waals surface area contributed by atoms with Crippen molar-refractivity contribution in [3.05, 3.63) is 78.6 Å². The number of para-hydroxylation sites is 1. The Morgan fingerprint density at radius 2 is 1.83 bits per heavy atom. The van der Waals surface area contributed by atoms with Gasteiger partial charge in [0.25, 0.3) is 5.91 Å². The molecule has 7 heteroatoms. The van der Waals surface area contributed by atoms with Gasteiger partial charge in [-0.25, -0.2) is 0 Å². The van der Waals surface area contributed by atoms with Gasteiger partial charge in [0.05, 0.1) is 30.6 Å². The molecule has 0 radical (unpaired) electrons. The zero-order chi connectivity index (χ0) is 24.0. The molecule has 1 atom stereocenters. The van der Waals surface area contributed by atoms with Crippen LogP contribution < -0.4 is 5.32 Å². The van der Waals surface area contributed by atoms with Crippen molar-refractivity contribution < 1.29 is 14.0 Å². The molecule has 0 unspecified atom stereocenters. The van der Waals surface area contributed by atoms with Gasteiger partial charge in [-0.1, -0.05) is 37.5 Å². The quantitative estimate of drug-likeness (QED) is 0.451. The molecule has 1 saturated carbocycles. The van der Waals surface area contributed by atoms with Gasteiger partial charge in [0.2, 0.25) is 5.91 Å². The minimum atomic E-state index is -1.07. The van der Waals surface area contributed by atoms with Crippen LogP contribution >= 0.6 is 0 Å². The molecule has 6 rings (SSSR count). The van der Waals surface area contributed by atoms with Crippen LogP contribution in [0.2, 0.25) is 0 Å². The summed E-state index contributed by atoms with van der Waals surface area (Å²) in [6, 6.07) is 15.8. The molecule has 4 heterocycles. The Morgan fingerprint density at radius 3 is 2.57 bits per heavy atom. The first-order valence-electron chi connectivity index (χ1n) is 12.5. The predicted molar refractivity (Wildman–Crippen MR) is 133 cm³/mol. The van der Waals surface area contributed by atoms with Gasteiger partial charge in [0.1, 0.15) is 17.0 Å². The van der Waals surface area contributed by atoms with E-state index in [0.29, 0.717) is 18.0 Å². The number of fused-ring (bicyclic) bond motifs is 3. The van der Waals surface area contributed by atoms with Crippen molar-refractivity contribution in [2.24, 2.45) is 0 Å². The molecule has 7 nitrogen and oxygen atoms in total. The normalized spacial score (nSPS) is 20.8. The van der Waals surface area contributed by atoms with Crippen LogP contribution in [0, 0.1) is 0 Å². The summed E-state index contributed by atoms with van der Waals surface area (Å²) in [6.07, 6.45) is 11.0. The summed E-state index contributed by atoms with van der Waals surface area (Å²) in [6.45, 7) is 2.49. The summed E-state index contributed by atoms with van der Waals surface area (Å²) in [7, 11) is 0. The van der Waals surface area contributed by atoms with Crippen molar-refractivity contribution in [3.63, 3.8) is 0 Å². The zero-order valence-corrected chi connectivity index (χ0v) is 19.9. The molecule has 0 spiro atoms. The molecule has 1 aromatic carbocycles. The van der Waals surface area contributed by atoms with E-state index in [1.54, 1.807) is 11.2 Å². The Labute approximate surface area is 204 Å². The molecule has 1 aliphatic heterocycles. The molecule has 2 aliphatic rings. The number of carbonyl (C=O) groups is 2. The molecule has 0 bridgehead atoms. The third-order valence-corrected chi connectivity index (χ3v) is 7.64. The smallest absolute Gasteiger partial charge is 0.274 e. The number of amides is 2. The summed E-state index contributed by atoms with van der Waals surface area (Å²) in [5, 5.41) is 4.28. The van der Waals surface area contributed by atoms with Crippen LogP contribution in [-0.4, -0.2) is 37.4 Å². The molecular weight excluding hydrogens is 440 g/mol. The second-order valence-corrected chi connectivity index (χ2v) is 9.94. The number of furan rings is 1. The van der Waals surface area contributed by atoms with E-state index >= 15 is 0 Å². The van der Waals surface area contributed by atoms with E-state index in [9.17, 15) is 9.59 Å². The summed E-state index contributed by atoms with van der Waals surface area (Å²) in [5.74, 6) is 0.381. The van der Waals surface area contributed by atoms with Gasteiger partial charge in [0, 0.05) is 23.8 Å². The molecule has 1 N–H and O–H groups in total. The third kappa shape index (κ3) is 3.57. The van der Waals surface area contributed by atoms with Crippen molar-refractivity contribution in [1.82, 2.24) is 19.4 Å². The van der Waals surface area contributed by atoms with Gasteiger partial charge in [-0.3, -0.25) is 9.59 Å². The third-order valence-electron chi connectivity index (χ3n) is 7.64. The van der Waals surface area contributed by atoms with E-state index in [1.165, 1.54) is 6.42 Å². The van der Waals surface area contributed by atoms with Crippen LogP contribution in [0.4, 0.5) is 0 Å². The molecule has 0 saturated heterocycles. The number of aromatic nitrogens is 2. The van der Waals surface area contributed by atoms with Crippen molar-refractivity contribution in [2.75, 3.05) is 0 Å². The number of nitrogens with zero attached hydrogens (tertiary/aromatic N) is 3. The fraction of sp³-hybridized carbons (Fsp3) is 0.357. The lowest BCUT2D eigenvalue weighted by atomic mass is 9.91. The Kier molecular flexibility index (Phi) is 5.28. The minimum Gasteiger partial charge on any atom is -0.467 e. The van der Waals surface area contributed by atoms with Crippen LogP contribution in [0.5, 0.6) is 0 Å². The summed E-state index contributed by atoms with van der Waals surface area (Å²) >= 11 is 0. The largest absolute Gasteiger partial charge is 0.467 e. The Balaban J connectivity index is 1.49. The number of carbonyl (C=O) groups excluding carboxylic acids is 2. The van der Waals surface area contributed by atoms with Gasteiger partial charge < -0.3 is 23.8 Å². The maximum absolute atomic E-state index is 14.3. The van der Waals surface area contributed by atoms with E-state index in [-0.39, 0.29) is 24.4 Å². The van der Waals surface area contributed by atoms with Crippen LogP contribution in [0.3, 0.4) is 0 Å². The highest BCUT2D eigenvalue weighted by molar-refractivity contribution is 6.08. The first-order chi connectivity index (χ1) is 17.1. The fourth-order valence-corrected chi connectivity index (χ4v) is 5.74. The van der Waals surface area contributed by atoms with Gasteiger partial charge >= 0.3 is 0 Å². The minimum absolute atomic E-state index is 0.102. The second-order valence-electron chi connectivity index (χ2n) is 9.94. The summed E-state index contributed by atoms with van der Waals surface area (Å²) in [5.41, 5.74) is 1.32.